The summed E-state index contributed by atoms with van der Waals surface area (Å²) in [5.74, 6) is -0.0396. The van der Waals surface area contributed by atoms with Crippen molar-refractivity contribution in [1.29, 1.82) is 0 Å². The second-order valence-electron chi connectivity index (χ2n) is 3.69. The Labute approximate surface area is 87.8 Å². The van der Waals surface area contributed by atoms with Gasteiger partial charge < -0.3 is 5.32 Å². The zero-order chi connectivity index (χ0) is 10.8. The van der Waals surface area contributed by atoms with Crippen molar-refractivity contribution in [1.82, 2.24) is 5.32 Å². The number of hydrogen-bond donors (Lipinski definition) is 1. The molecule has 0 aromatic heterocycles. The van der Waals surface area contributed by atoms with E-state index in [9.17, 15) is 4.79 Å². The summed E-state index contributed by atoms with van der Waals surface area (Å²) < 4.78 is 0. The summed E-state index contributed by atoms with van der Waals surface area (Å²) in [5, 5.41) is 2.98. The third-order valence-corrected chi connectivity index (χ3v) is 2.34. The van der Waals surface area contributed by atoms with Crippen LogP contribution in [0, 0.1) is 0 Å². The number of unbranched alkanes of at least 4 members (excludes halogenated alkanes) is 2. The molecule has 2 heteroatoms. The van der Waals surface area contributed by atoms with Gasteiger partial charge in [0.15, 0.2) is 0 Å². The normalized spacial score (nSPS) is 10.2. The minimum atomic E-state index is -0.0396. The molecule has 2 nitrogen and oxygen atoms in total. The maximum atomic E-state index is 11.1. The predicted octanol–water partition coefficient (Wildman–Crippen LogP) is 3.04. The van der Waals surface area contributed by atoms with Crippen LogP contribution < -0.4 is 5.32 Å². The SMILES string of the molecule is C=CC(=O)NC(CCCC)CCCC. The molecular weight excluding hydrogens is 174 g/mol. The molecule has 0 rings (SSSR count). The molecule has 0 atom stereocenters. The fraction of sp³-hybridized carbons (Fsp3) is 0.750. The van der Waals surface area contributed by atoms with Crippen LogP contribution in [0.2, 0.25) is 0 Å². The Morgan fingerprint density at radius 3 is 2.14 bits per heavy atom. The van der Waals surface area contributed by atoms with Gasteiger partial charge in [0.2, 0.25) is 5.91 Å². The van der Waals surface area contributed by atoms with Crippen LogP contribution in [0.25, 0.3) is 0 Å². The number of amides is 1. The largest absolute Gasteiger partial charge is 0.350 e. The summed E-state index contributed by atoms with van der Waals surface area (Å²) in [7, 11) is 0. The quantitative estimate of drug-likeness (QED) is 0.595. The second kappa shape index (κ2) is 8.79. The molecule has 82 valence electrons. The number of carbonyl (C=O) groups is 1. The monoisotopic (exact) mass is 197 g/mol. The highest BCUT2D eigenvalue weighted by Crippen LogP contribution is 2.08. The van der Waals surface area contributed by atoms with E-state index < -0.39 is 0 Å². The first-order valence-corrected chi connectivity index (χ1v) is 5.67. The van der Waals surface area contributed by atoms with Crippen LogP contribution in [0.3, 0.4) is 0 Å². The second-order valence-corrected chi connectivity index (χ2v) is 3.69. The Morgan fingerprint density at radius 1 is 1.29 bits per heavy atom. The molecule has 0 aliphatic heterocycles. The molecule has 0 heterocycles. The van der Waals surface area contributed by atoms with Gasteiger partial charge in [0.1, 0.15) is 0 Å². The molecule has 0 fully saturated rings. The summed E-state index contributed by atoms with van der Waals surface area (Å²) in [6.45, 7) is 7.81. The van der Waals surface area contributed by atoms with Crippen LogP contribution in [0.5, 0.6) is 0 Å². The molecule has 0 aromatic carbocycles. The molecule has 0 aliphatic carbocycles. The van der Waals surface area contributed by atoms with Crippen molar-refractivity contribution in [2.45, 2.75) is 58.4 Å². The van der Waals surface area contributed by atoms with Crippen molar-refractivity contribution in [3.05, 3.63) is 12.7 Å². The van der Waals surface area contributed by atoms with E-state index in [0.29, 0.717) is 6.04 Å². The molecule has 0 unspecified atom stereocenters. The molecular formula is C12H23NO. The molecule has 14 heavy (non-hydrogen) atoms. The summed E-state index contributed by atoms with van der Waals surface area (Å²) in [6.07, 6.45) is 8.29. The Hall–Kier alpha value is -0.790. The Balaban J connectivity index is 3.82. The predicted molar refractivity (Wildman–Crippen MR) is 61.2 cm³/mol. The lowest BCUT2D eigenvalue weighted by molar-refractivity contribution is -0.117. The smallest absolute Gasteiger partial charge is 0.243 e. The lowest BCUT2D eigenvalue weighted by Crippen LogP contribution is -2.33. The first-order valence-electron chi connectivity index (χ1n) is 5.67. The van der Waals surface area contributed by atoms with Crippen LogP contribution in [0.4, 0.5) is 0 Å². The van der Waals surface area contributed by atoms with Crippen molar-refractivity contribution in [2.24, 2.45) is 0 Å². The van der Waals surface area contributed by atoms with E-state index >= 15 is 0 Å². The molecule has 1 N–H and O–H groups in total. The fourth-order valence-electron chi connectivity index (χ4n) is 1.45. The maximum absolute atomic E-state index is 11.1. The third-order valence-electron chi connectivity index (χ3n) is 2.34. The van der Waals surface area contributed by atoms with Gasteiger partial charge in [-0.25, -0.2) is 0 Å². The topological polar surface area (TPSA) is 29.1 Å². The van der Waals surface area contributed by atoms with E-state index in [1.807, 2.05) is 0 Å². The van der Waals surface area contributed by atoms with Crippen LogP contribution in [0.1, 0.15) is 52.4 Å². The number of carbonyl (C=O) groups excluding carboxylic acids is 1. The maximum Gasteiger partial charge on any atom is 0.243 e. The van der Waals surface area contributed by atoms with Crippen molar-refractivity contribution in [3.8, 4) is 0 Å². The van der Waals surface area contributed by atoms with Crippen molar-refractivity contribution in [2.75, 3.05) is 0 Å². The van der Waals surface area contributed by atoms with Gasteiger partial charge in [0.05, 0.1) is 0 Å². The Bertz CT molecular complexity index is 158. The van der Waals surface area contributed by atoms with Gasteiger partial charge in [-0.3, -0.25) is 4.79 Å². The summed E-state index contributed by atoms with van der Waals surface area (Å²) in [6, 6.07) is 0.348. The molecule has 0 saturated heterocycles. The number of nitrogens with one attached hydrogen (secondary N) is 1. The highest BCUT2D eigenvalue weighted by Gasteiger charge is 2.08. The zero-order valence-corrected chi connectivity index (χ0v) is 9.51. The summed E-state index contributed by atoms with van der Waals surface area (Å²) in [5.41, 5.74) is 0. The standard InChI is InChI=1S/C12H23NO/c1-4-7-9-11(10-8-5-2)13-12(14)6-3/h6,11H,3-5,7-10H2,1-2H3,(H,13,14). The van der Waals surface area contributed by atoms with Gasteiger partial charge in [-0.1, -0.05) is 46.1 Å². The van der Waals surface area contributed by atoms with E-state index in [0.717, 1.165) is 12.8 Å². The van der Waals surface area contributed by atoms with Crippen LogP contribution >= 0.6 is 0 Å². The number of rotatable bonds is 8. The minimum absolute atomic E-state index is 0.0396. The van der Waals surface area contributed by atoms with Gasteiger partial charge in [0, 0.05) is 6.04 Å². The van der Waals surface area contributed by atoms with E-state index in [1.54, 1.807) is 0 Å². The first kappa shape index (κ1) is 13.2. The molecule has 0 aliphatic rings. The third kappa shape index (κ3) is 6.70. The van der Waals surface area contributed by atoms with Crippen LogP contribution in [0.15, 0.2) is 12.7 Å². The minimum Gasteiger partial charge on any atom is -0.350 e. The molecule has 0 bridgehead atoms. The molecule has 0 saturated carbocycles. The zero-order valence-electron chi connectivity index (χ0n) is 9.51. The van der Waals surface area contributed by atoms with E-state index in [-0.39, 0.29) is 5.91 Å². The Kier molecular flexibility index (Phi) is 8.30. The van der Waals surface area contributed by atoms with Gasteiger partial charge >= 0.3 is 0 Å². The fourth-order valence-corrected chi connectivity index (χ4v) is 1.45. The highest BCUT2D eigenvalue weighted by molar-refractivity contribution is 5.87. The molecule has 1 amide bonds. The summed E-state index contributed by atoms with van der Waals surface area (Å²) >= 11 is 0. The van der Waals surface area contributed by atoms with E-state index in [1.165, 1.54) is 31.8 Å². The molecule has 0 aromatic rings. The van der Waals surface area contributed by atoms with Crippen molar-refractivity contribution < 1.29 is 4.79 Å². The first-order chi connectivity index (χ1) is 6.74. The van der Waals surface area contributed by atoms with Crippen LogP contribution in [-0.4, -0.2) is 11.9 Å². The van der Waals surface area contributed by atoms with E-state index in [2.05, 4.69) is 25.7 Å². The Morgan fingerprint density at radius 2 is 1.79 bits per heavy atom. The molecule has 0 spiro atoms. The van der Waals surface area contributed by atoms with Gasteiger partial charge in [-0.05, 0) is 18.9 Å². The average Bonchev–Trinajstić information content (AvgIpc) is 2.21. The van der Waals surface area contributed by atoms with Gasteiger partial charge in [-0.2, -0.15) is 0 Å². The van der Waals surface area contributed by atoms with Crippen molar-refractivity contribution in [3.63, 3.8) is 0 Å². The van der Waals surface area contributed by atoms with E-state index in [4.69, 9.17) is 0 Å². The summed E-state index contributed by atoms with van der Waals surface area (Å²) in [4.78, 5) is 11.1. The molecule has 0 radical (unpaired) electrons. The number of hydrogen-bond acceptors (Lipinski definition) is 1. The van der Waals surface area contributed by atoms with Gasteiger partial charge in [0.25, 0.3) is 0 Å². The van der Waals surface area contributed by atoms with Crippen LogP contribution in [-0.2, 0) is 4.79 Å². The average molecular weight is 197 g/mol. The highest BCUT2D eigenvalue weighted by atomic mass is 16.1. The lowest BCUT2D eigenvalue weighted by atomic mass is 10.0. The lowest BCUT2D eigenvalue weighted by Gasteiger charge is -2.16. The van der Waals surface area contributed by atoms with Crippen molar-refractivity contribution >= 4 is 5.91 Å². The van der Waals surface area contributed by atoms with Gasteiger partial charge in [-0.15, -0.1) is 0 Å².